The maximum absolute atomic E-state index is 4.01. The van der Waals surface area contributed by atoms with Crippen molar-refractivity contribution in [1.29, 1.82) is 0 Å². The van der Waals surface area contributed by atoms with Crippen LogP contribution in [0.15, 0.2) is 0 Å². The fourth-order valence-corrected chi connectivity index (χ4v) is 5.87. The molecule has 0 spiro atoms. The molecule has 4 fully saturated rings. The molecule has 18 heavy (non-hydrogen) atoms. The molecule has 1 N–H and O–H groups in total. The van der Waals surface area contributed by atoms with E-state index in [1.54, 1.807) is 19.3 Å². The lowest BCUT2D eigenvalue weighted by Crippen LogP contribution is -2.41. The Labute approximate surface area is 112 Å². The summed E-state index contributed by atoms with van der Waals surface area (Å²) in [5.41, 5.74) is 0.742. The van der Waals surface area contributed by atoms with Crippen molar-refractivity contribution in [3.05, 3.63) is 0 Å². The van der Waals surface area contributed by atoms with Gasteiger partial charge < -0.3 is 5.32 Å². The van der Waals surface area contributed by atoms with E-state index in [1.165, 1.54) is 45.1 Å². The minimum Gasteiger partial charge on any atom is -0.313 e. The van der Waals surface area contributed by atoms with Crippen LogP contribution in [-0.4, -0.2) is 12.6 Å². The van der Waals surface area contributed by atoms with Gasteiger partial charge in [-0.05, 0) is 74.0 Å². The molecule has 2 bridgehead atoms. The molecule has 0 amide bonds. The standard InChI is InChI=1S/C17H29N/c1-2-6-17(7-8-17)11-18-16-10-12-9-15(16)14-5-3-4-13(12)14/h12-16,18H,2-11H2,1H3. The Bertz CT molecular complexity index is 320. The largest absolute Gasteiger partial charge is 0.313 e. The van der Waals surface area contributed by atoms with Crippen molar-refractivity contribution in [2.45, 2.75) is 70.8 Å². The highest BCUT2D eigenvalue weighted by Gasteiger charge is 2.54. The van der Waals surface area contributed by atoms with Crippen LogP contribution in [0.5, 0.6) is 0 Å². The van der Waals surface area contributed by atoms with E-state index in [0.29, 0.717) is 0 Å². The molecule has 0 aliphatic heterocycles. The number of rotatable bonds is 5. The SMILES string of the molecule is CCCC1(CNC2CC3CC2C2CCCC32)CC1. The summed E-state index contributed by atoms with van der Waals surface area (Å²) in [5.74, 6) is 4.46. The van der Waals surface area contributed by atoms with E-state index in [4.69, 9.17) is 0 Å². The molecular formula is C17H29N. The maximum Gasteiger partial charge on any atom is 0.0101 e. The van der Waals surface area contributed by atoms with Crippen LogP contribution in [0.4, 0.5) is 0 Å². The first-order valence-electron chi connectivity index (χ1n) is 8.55. The van der Waals surface area contributed by atoms with Crippen molar-refractivity contribution in [1.82, 2.24) is 5.32 Å². The molecule has 4 aliphatic rings. The summed E-state index contributed by atoms with van der Waals surface area (Å²) in [6.45, 7) is 3.69. The second-order valence-corrected chi connectivity index (χ2v) is 7.89. The van der Waals surface area contributed by atoms with Crippen molar-refractivity contribution >= 4 is 0 Å². The molecule has 4 saturated carbocycles. The zero-order valence-electron chi connectivity index (χ0n) is 12.0. The van der Waals surface area contributed by atoms with Crippen molar-refractivity contribution in [2.24, 2.45) is 29.1 Å². The molecule has 0 aromatic rings. The van der Waals surface area contributed by atoms with Crippen LogP contribution in [0.2, 0.25) is 0 Å². The second-order valence-electron chi connectivity index (χ2n) is 7.89. The molecule has 4 aliphatic carbocycles. The van der Waals surface area contributed by atoms with Crippen LogP contribution in [0, 0.1) is 29.1 Å². The summed E-state index contributed by atoms with van der Waals surface area (Å²) in [5, 5.41) is 4.01. The Hall–Kier alpha value is -0.0400. The van der Waals surface area contributed by atoms with Crippen molar-refractivity contribution in [2.75, 3.05) is 6.54 Å². The Balaban J connectivity index is 1.34. The Morgan fingerprint density at radius 1 is 1.06 bits per heavy atom. The number of nitrogens with one attached hydrogen (secondary N) is 1. The smallest absolute Gasteiger partial charge is 0.0101 e. The highest BCUT2D eigenvalue weighted by atomic mass is 15.0. The summed E-state index contributed by atoms with van der Waals surface area (Å²) < 4.78 is 0. The van der Waals surface area contributed by atoms with E-state index in [0.717, 1.165) is 35.1 Å². The van der Waals surface area contributed by atoms with Crippen LogP contribution in [0.1, 0.15) is 64.7 Å². The average molecular weight is 247 g/mol. The van der Waals surface area contributed by atoms with Crippen LogP contribution in [0.3, 0.4) is 0 Å². The molecule has 5 atom stereocenters. The lowest BCUT2D eigenvalue weighted by atomic mass is 9.79. The number of hydrogen-bond donors (Lipinski definition) is 1. The third-order valence-corrected chi connectivity index (χ3v) is 6.91. The molecule has 1 nitrogen and oxygen atoms in total. The zero-order valence-corrected chi connectivity index (χ0v) is 12.0. The van der Waals surface area contributed by atoms with Gasteiger partial charge in [0.25, 0.3) is 0 Å². The van der Waals surface area contributed by atoms with E-state index < -0.39 is 0 Å². The summed E-state index contributed by atoms with van der Waals surface area (Å²) in [6, 6.07) is 0.906. The van der Waals surface area contributed by atoms with Gasteiger partial charge in [-0.3, -0.25) is 0 Å². The first-order chi connectivity index (χ1) is 8.81. The monoisotopic (exact) mass is 247 g/mol. The highest BCUT2D eigenvalue weighted by Crippen LogP contribution is 2.59. The van der Waals surface area contributed by atoms with E-state index in [9.17, 15) is 0 Å². The lowest BCUT2D eigenvalue weighted by molar-refractivity contribution is 0.200. The third kappa shape index (κ3) is 1.77. The van der Waals surface area contributed by atoms with Gasteiger partial charge in [-0.25, -0.2) is 0 Å². The van der Waals surface area contributed by atoms with Gasteiger partial charge in [0.1, 0.15) is 0 Å². The topological polar surface area (TPSA) is 12.0 Å². The summed E-state index contributed by atoms with van der Waals surface area (Å²) in [7, 11) is 0. The van der Waals surface area contributed by atoms with E-state index in [1.807, 2.05) is 0 Å². The molecule has 0 radical (unpaired) electrons. The summed E-state index contributed by atoms with van der Waals surface area (Å²) in [4.78, 5) is 0. The number of fused-ring (bicyclic) bond motifs is 5. The first-order valence-corrected chi connectivity index (χ1v) is 8.55. The number of hydrogen-bond acceptors (Lipinski definition) is 1. The normalized spacial score (nSPS) is 47.5. The van der Waals surface area contributed by atoms with E-state index >= 15 is 0 Å². The third-order valence-electron chi connectivity index (χ3n) is 6.91. The Kier molecular flexibility index (Phi) is 2.76. The predicted molar refractivity (Wildman–Crippen MR) is 75.4 cm³/mol. The molecule has 0 saturated heterocycles. The van der Waals surface area contributed by atoms with Crippen LogP contribution in [-0.2, 0) is 0 Å². The maximum atomic E-state index is 4.01. The van der Waals surface area contributed by atoms with Gasteiger partial charge in [0.2, 0.25) is 0 Å². The van der Waals surface area contributed by atoms with Gasteiger partial charge >= 0.3 is 0 Å². The minimum atomic E-state index is 0.742. The predicted octanol–water partition coefficient (Wildman–Crippen LogP) is 3.98. The van der Waals surface area contributed by atoms with Gasteiger partial charge in [0.05, 0.1) is 0 Å². The van der Waals surface area contributed by atoms with Crippen LogP contribution in [0.25, 0.3) is 0 Å². The van der Waals surface area contributed by atoms with Gasteiger partial charge in [-0.1, -0.05) is 19.8 Å². The molecule has 0 heterocycles. The van der Waals surface area contributed by atoms with Crippen molar-refractivity contribution in [3.63, 3.8) is 0 Å². The van der Waals surface area contributed by atoms with Crippen LogP contribution < -0.4 is 5.32 Å². The van der Waals surface area contributed by atoms with Crippen LogP contribution >= 0.6 is 0 Å². The molecule has 102 valence electrons. The van der Waals surface area contributed by atoms with Crippen molar-refractivity contribution in [3.8, 4) is 0 Å². The van der Waals surface area contributed by atoms with Gasteiger partial charge in [-0.2, -0.15) is 0 Å². The quantitative estimate of drug-likeness (QED) is 0.775. The molecule has 0 aromatic heterocycles. The zero-order chi connectivity index (χ0) is 12.2. The summed E-state index contributed by atoms with van der Waals surface area (Å²) >= 11 is 0. The lowest BCUT2D eigenvalue weighted by Gasteiger charge is -2.33. The first kappa shape index (κ1) is 11.8. The fraction of sp³-hybridized carbons (Fsp3) is 1.00. The van der Waals surface area contributed by atoms with Crippen molar-refractivity contribution < 1.29 is 0 Å². The molecule has 1 heteroatoms. The highest BCUT2D eigenvalue weighted by molar-refractivity contribution is 5.06. The fourth-order valence-electron chi connectivity index (χ4n) is 5.87. The van der Waals surface area contributed by atoms with Gasteiger partial charge in [-0.15, -0.1) is 0 Å². The Morgan fingerprint density at radius 2 is 1.89 bits per heavy atom. The summed E-state index contributed by atoms with van der Waals surface area (Å²) in [6.07, 6.45) is 13.6. The molecule has 4 rings (SSSR count). The second kappa shape index (κ2) is 4.23. The van der Waals surface area contributed by atoms with E-state index in [-0.39, 0.29) is 0 Å². The molecule has 0 aromatic carbocycles. The minimum absolute atomic E-state index is 0.742. The Morgan fingerprint density at radius 3 is 2.67 bits per heavy atom. The molecule has 5 unspecified atom stereocenters. The van der Waals surface area contributed by atoms with Gasteiger partial charge in [0.15, 0.2) is 0 Å². The molecular weight excluding hydrogens is 218 g/mol. The average Bonchev–Trinajstić information content (AvgIpc) is 2.81. The van der Waals surface area contributed by atoms with E-state index in [2.05, 4.69) is 12.2 Å². The van der Waals surface area contributed by atoms with Gasteiger partial charge in [0, 0.05) is 12.6 Å².